The van der Waals surface area contributed by atoms with Gasteiger partial charge in [0.1, 0.15) is 0 Å². The molecular formula is C14H22N2O. The SMILES string of the molecule is CC.Cc1ccc2c(CO)nn(C(C)C)c2c1. The molecule has 0 unspecified atom stereocenters. The Labute approximate surface area is 103 Å². The number of hydrogen-bond acceptors (Lipinski definition) is 2. The minimum atomic E-state index is -0.000713. The Bertz CT molecular complexity index is 486. The van der Waals surface area contributed by atoms with Crippen LogP contribution in [0.4, 0.5) is 0 Å². The molecule has 0 aliphatic rings. The van der Waals surface area contributed by atoms with Crippen molar-refractivity contribution in [3.8, 4) is 0 Å². The molecule has 0 atom stereocenters. The molecule has 0 radical (unpaired) electrons. The summed E-state index contributed by atoms with van der Waals surface area (Å²) in [4.78, 5) is 0. The number of hydrogen-bond donors (Lipinski definition) is 1. The van der Waals surface area contributed by atoms with Crippen LogP contribution in [0.25, 0.3) is 10.9 Å². The van der Waals surface area contributed by atoms with E-state index in [-0.39, 0.29) is 6.61 Å². The van der Waals surface area contributed by atoms with E-state index in [1.807, 2.05) is 30.7 Å². The number of aliphatic hydroxyl groups excluding tert-OH is 1. The van der Waals surface area contributed by atoms with Crippen molar-refractivity contribution in [2.45, 2.75) is 47.3 Å². The van der Waals surface area contributed by atoms with E-state index < -0.39 is 0 Å². The van der Waals surface area contributed by atoms with Crippen molar-refractivity contribution in [3.05, 3.63) is 29.5 Å². The van der Waals surface area contributed by atoms with Gasteiger partial charge in [0.25, 0.3) is 0 Å². The molecule has 17 heavy (non-hydrogen) atoms. The second-order valence-corrected chi connectivity index (χ2v) is 4.16. The van der Waals surface area contributed by atoms with E-state index in [0.29, 0.717) is 6.04 Å². The molecule has 0 spiro atoms. The van der Waals surface area contributed by atoms with Gasteiger partial charge >= 0.3 is 0 Å². The Hall–Kier alpha value is -1.35. The number of nitrogens with zero attached hydrogens (tertiary/aromatic N) is 2. The summed E-state index contributed by atoms with van der Waals surface area (Å²) in [5.74, 6) is 0. The first-order chi connectivity index (χ1) is 8.13. The molecule has 2 aromatic rings. The lowest BCUT2D eigenvalue weighted by Gasteiger charge is -2.06. The predicted octanol–water partition coefficient (Wildman–Crippen LogP) is 3.44. The quantitative estimate of drug-likeness (QED) is 0.864. The van der Waals surface area contributed by atoms with Crippen molar-refractivity contribution < 1.29 is 5.11 Å². The maximum atomic E-state index is 9.22. The van der Waals surface area contributed by atoms with Gasteiger partial charge in [-0.1, -0.05) is 26.0 Å². The van der Waals surface area contributed by atoms with Crippen LogP contribution < -0.4 is 0 Å². The molecule has 0 aliphatic carbocycles. The van der Waals surface area contributed by atoms with Crippen LogP contribution in [0.1, 0.15) is 45.0 Å². The third kappa shape index (κ3) is 2.67. The van der Waals surface area contributed by atoms with Crippen molar-refractivity contribution in [1.82, 2.24) is 9.78 Å². The van der Waals surface area contributed by atoms with Gasteiger partial charge in [0.2, 0.25) is 0 Å². The molecular weight excluding hydrogens is 212 g/mol. The lowest BCUT2D eigenvalue weighted by Crippen LogP contribution is -2.03. The first kappa shape index (κ1) is 13.7. The zero-order valence-corrected chi connectivity index (χ0v) is 11.4. The number of benzene rings is 1. The van der Waals surface area contributed by atoms with Gasteiger partial charge in [-0.25, -0.2) is 0 Å². The van der Waals surface area contributed by atoms with Gasteiger partial charge < -0.3 is 5.11 Å². The molecule has 1 aromatic carbocycles. The molecule has 0 fully saturated rings. The summed E-state index contributed by atoms with van der Waals surface area (Å²) >= 11 is 0. The topological polar surface area (TPSA) is 38.1 Å². The molecule has 0 saturated heterocycles. The minimum absolute atomic E-state index is 0.000713. The lowest BCUT2D eigenvalue weighted by atomic mass is 10.1. The van der Waals surface area contributed by atoms with Crippen LogP contribution >= 0.6 is 0 Å². The van der Waals surface area contributed by atoms with Crippen LogP contribution in [-0.4, -0.2) is 14.9 Å². The Balaban J connectivity index is 0.000000686. The van der Waals surface area contributed by atoms with E-state index in [2.05, 4.69) is 31.9 Å². The summed E-state index contributed by atoms with van der Waals surface area (Å²) in [7, 11) is 0. The van der Waals surface area contributed by atoms with E-state index in [9.17, 15) is 5.11 Å². The third-order valence-electron chi connectivity index (χ3n) is 2.58. The van der Waals surface area contributed by atoms with Crippen LogP contribution in [-0.2, 0) is 6.61 Å². The van der Waals surface area contributed by atoms with Gasteiger partial charge in [-0.2, -0.15) is 5.10 Å². The highest BCUT2D eigenvalue weighted by molar-refractivity contribution is 5.82. The third-order valence-corrected chi connectivity index (χ3v) is 2.58. The Morgan fingerprint density at radius 2 is 1.94 bits per heavy atom. The Morgan fingerprint density at radius 3 is 2.47 bits per heavy atom. The number of aromatic nitrogens is 2. The van der Waals surface area contributed by atoms with E-state index in [1.165, 1.54) is 5.56 Å². The van der Waals surface area contributed by atoms with Crippen molar-refractivity contribution in [2.24, 2.45) is 0 Å². The molecule has 1 aromatic heterocycles. The van der Waals surface area contributed by atoms with Crippen LogP contribution in [0, 0.1) is 6.92 Å². The standard InChI is InChI=1S/C12H16N2O.C2H6/c1-8(2)14-12-6-9(3)4-5-10(12)11(7-15)13-14;1-2/h4-6,8,15H,7H2,1-3H3;1-2H3. The van der Waals surface area contributed by atoms with Crippen LogP contribution in [0.3, 0.4) is 0 Å². The second kappa shape index (κ2) is 5.82. The van der Waals surface area contributed by atoms with Gasteiger partial charge in [-0.05, 0) is 32.4 Å². The molecule has 1 heterocycles. The molecule has 0 amide bonds. The van der Waals surface area contributed by atoms with Gasteiger partial charge in [0.05, 0.1) is 17.8 Å². The highest BCUT2D eigenvalue weighted by Crippen LogP contribution is 2.22. The van der Waals surface area contributed by atoms with E-state index >= 15 is 0 Å². The second-order valence-electron chi connectivity index (χ2n) is 4.16. The van der Waals surface area contributed by atoms with E-state index in [1.54, 1.807) is 0 Å². The smallest absolute Gasteiger partial charge is 0.0957 e. The molecule has 3 heteroatoms. The summed E-state index contributed by atoms with van der Waals surface area (Å²) < 4.78 is 1.97. The Morgan fingerprint density at radius 1 is 1.29 bits per heavy atom. The summed E-state index contributed by atoms with van der Waals surface area (Å²) in [6, 6.07) is 6.51. The fraction of sp³-hybridized carbons (Fsp3) is 0.500. The first-order valence-electron chi connectivity index (χ1n) is 6.22. The molecule has 0 aliphatic heterocycles. The van der Waals surface area contributed by atoms with Gasteiger partial charge in [0, 0.05) is 11.4 Å². The summed E-state index contributed by atoms with van der Waals surface area (Å²) in [6.07, 6.45) is 0. The van der Waals surface area contributed by atoms with Crippen LogP contribution in [0.2, 0.25) is 0 Å². The molecule has 0 bridgehead atoms. The van der Waals surface area contributed by atoms with E-state index in [0.717, 1.165) is 16.6 Å². The number of aryl methyl sites for hydroxylation is 1. The normalized spacial score (nSPS) is 10.5. The molecule has 2 rings (SSSR count). The number of rotatable bonds is 2. The minimum Gasteiger partial charge on any atom is -0.390 e. The van der Waals surface area contributed by atoms with E-state index in [4.69, 9.17) is 0 Å². The average Bonchev–Trinajstić information content (AvgIpc) is 2.69. The number of aliphatic hydroxyl groups is 1. The van der Waals surface area contributed by atoms with Crippen LogP contribution in [0.5, 0.6) is 0 Å². The molecule has 94 valence electrons. The molecule has 1 N–H and O–H groups in total. The highest BCUT2D eigenvalue weighted by atomic mass is 16.3. The monoisotopic (exact) mass is 234 g/mol. The average molecular weight is 234 g/mol. The van der Waals surface area contributed by atoms with Crippen molar-refractivity contribution >= 4 is 10.9 Å². The number of fused-ring (bicyclic) bond motifs is 1. The van der Waals surface area contributed by atoms with Crippen molar-refractivity contribution in [1.29, 1.82) is 0 Å². The largest absolute Gasteiger partial charge is 0.390 e. The zero-order valence-electron chi connectivity index (χ0n) is 11.4. The van der Waals surface area contributed by atoms with Crippen molar-refractivity contribution in [2.75, 3.05) is 0 Å². The highest BCUT2D eigenvalue weighted by Gasteiger charge is 2.11. The van der Waals surface area contributed by atoms with Gasteiger partial charge in [-0.15, -0.1) is 0 Å². The fourth-order valence-corrected chi connectivity index (χ4v) is 1.82. The van der Waals surface area contributed by atoms with Gasteiger partial charge in [-0.3, -0.25) is 4.68 Å². The van der Waals surface area contributed by atoms with Crippen LogP contribution in [0.15, 0.2) is 18.2 Å². The lowest BCUT2D eigenvalue weighted by molar-refractivity contribution is 0.276. The summed E-state index contributed by atoms with van der Waals surface area (Å²) in [5.41, 5.74) is 3.08. The summed E-state index contributed by atoms with van der Waals surface area (Å²) in [5, 5.41) is 14.7. The van der Waals surface area contributed by atoms with Gasteiger partial charge in [0.15, 0.2) is 0 Å². The van der Waals surface area contributed by atoms with Crippen molar-refractivity contribution in [3.63, 3.8) is 0 Å². The summed E-state index contributed by atoms with van der Waals surface area (Å²) in [6.45, 7) is 10.3. The zero-order chi connectivity index (χ0) is 13.0. The Kier molecular flexibility index (Phi) is 4.70. The fourth-order valence-electron chi connectivity index (χ4n) is 1.82. The molecule has 0 saturated carbocycles. The maximum Gasteiger partial charge on any atom is 0.0957 e. The molecule has 3 nitrogen and oxygen atoms in total. The predicted molar refractivity (Wildman–Crippen MR) is 72.1 cm³/mol. The maximum absolute atomic E-state index is 9.22. The first-order valence-corrected chi connectivity index (χ1v) is 6.22.